The second-order valence-corrected chi connectivity index (χ2v) is 4.87. The number of rotatable bonds is 5. The fourth-order valence-corrected chi connectivity index (χ4v) is 1.73. The molecule has 0 aromatic carbocycles. The Morgan fingerprint density at radius 2 is 1.77 bits per heavy atom. The zero-order valence-electron chi connectivity index (χ0n) is 7.95. The molecule has 0 aromatic rings. The van der Waals surface area contributed by atoms with Crippen LogP contribution < -0.4 is 5.73 Å². The average molecular weight is 215 g/mol. The van der Waals surface area contributed by atoms with Crippen LogP contribution in [0.5, 0.6) is 0 Å². The molecule has 0 amide bonds. The molecule has 1 nitrogen and oxygen atoms in total. The molecule has 0 radical (unpaired) electrons. The molecular formula is C8H16F3NS. The molecule has 0 heterocycles. The standard InChI is InChI=1S/C8H16F3NS/c1-7(2,12)6-13-5-3-4-8(9,10)11/h3-6,12H2,1-2H3. The Bertz CT molecular complexity index is 123. The maximum Gasteiger partial charge on any atom is 0.389 e. The van der Waals surface area contributed by atoms with Gasteiger partial charge in [0.05, 0.1) is 0 Å². The van der Waals surface area contributed by atoms with Gasteiger partial charge < -0.3 is 5.73 Å². The first-order chi connectivity index (χ1) is 5.71. The normalized spacial score (nSPS) is 13.4. The fraction of sp³-hybridized carbons (Fsp3) is 1.00. The van der Waals surface area contributed by atoms with Crippen LogP contribution in [-0.4, -0.2) is 23.2 Å². The Labute approximate surface area is 81.3 Å². The molecule has 5 heteroatoms. The van der Waals surface area contributed by atoms with Crippen molar-refractivity contribution < 1.29 is 13.2 Å². The first-order valence-electron chi connectivity index (χ1n) is 4.14. The molecule has 0 aromatic heterocycles. The zero-order chi connectivity index (χ0) is 10.5. The van der Waals surface area contributed by atoms with Crippen molar-refractivity contribution in [3.05, 3.63) is 0 Å². The molecule has 0 atom stereocenters. The topological polar surface area (TPSA) is 26.0 Å². The van der Waals surface area contributed by atoms with Crippen molar-refractivity contribution in [2.75, 3.05) is 11.5 Å². The van der Waals surface area contributed by atoms with Crippen molar-refractivity contribution in [1.29, 1.82) is 0 Å². The Balaban J connectivity index is 3.28. The molecular weight excluding hydrogens is 199 g/mol. The van der Waals surface area contributed by atoms with E-state index in [0.29, 0.717) is 11.5 Å². The van der Waals surface area contributed by atoms with Crippen molar-refractivity contribution in [1.82, 2.24) is 0 Å². The van der Waals surface area contributed by atoms with Gasteiger partial charge in [-0.25, -0.2) is 0 Å². The van der Waals surface area contributed by atoms with Gasteiger partial charge in [0.1, 0.15) is 0 Å². The van der Waals surface area contributed by atoms with Crippen LogP contribution in [-0.2, 0) is 0 Å². The van der Waals surface area contributed by atoms with Gasteiger partial charge in [0.25, 0.3) is 0 Å². The summed E-state index contributed by atoms with van der Waals surface area (Å²) in [6, 6.07) is 0. The number of nitrogens with two attached hydrogens (primary N) is 1. The third-order valence-electron chi connectivity index (χ3n) is 1.22. The summed E-state index contributed by atoms with van der Waals surface area (Å²) in [5, 5.41) is 0. The minimum Gasteiger partial charge on any atom is -0.325 e. The molecule has 13 heavy (non-hydrogen) atoms. The molecule has 0 saturated heterocycles. The molecule has 0 aliphatic heterocycles. The summed E-state index contributed by atoms with van der Waals surface area (Å²) in [5.74, 6) is 1.23. The second kappa shape index (κ2) is 5.10. The van der Waals surface area contributed by atoms with Crippen molar-refractivity contribution in [3.63, 3.8) is 0 Å². The van der Waals surface area contributed by atoms with Gasteiger partial charge in [0, 0.05) is 17.7 Å². The predicted molar refractivity (Wildman–Crippen MR) is 50.9 cm³/mol. The number of halogens is 3. The summed E-state index contributed by atoms with van der Waals surface area (Å²) in [5.41, 5.74) is 5.37. The van der Waals surface area contributed by atoms with E-state index < -0.39 is 12.6 Å². The lowest BCUT2D eigenvalue weighted by molar-refractivity contribution is -0.134. The van der Waals surface area contributed by atoms with E-state index in [0.717, 1.165) is 0 Å². The van der Waals surface area contributed by atoms with Gasteiger partial charge in [-0.05, 0) is 26.0 Å². The van der Waals surface area contributed by atoms with Crippen LogP contribution in [0.3, 0.4) is 0 Å². The van der Waals surface area contributed by atoms with E-state index in [2.05, 4.69) is 0 Å². The highest BCUT2D eigenvalue weighted by molar-refractivity contribution is 7.99. The average Bonchev–Trinajstić information content (AvgIpc) is 1.81. The van der Waals surface area contributed by atoms with Gasteiger partial charge in [0.15, 0.2) is 0 Å². The van der Waals surface area contributed by atoms with Crippen molar-refractivity contribution in [2.45, 2.75) is 38.4 Å². The molecule has 0 aliphatic carbocycles. The summed E-state index contributed by atoms with van der Waals surface area (Å²) >= 11 is 1.48. The van der Waals surface area contributed by atoms with E-state index >= 15 is 0 Å². The van der Waals surface area contributed by atoms with E-state index in [1.54, 1.807) is 0 Å². The first-order valence-corrected chi connectivity index (χ1v) is 5.29. The van der Waals surface area contributed by atoms with Crippen LogP contribution >= 0.6 is 11.8 Å². The highest BCUT2D eigenvalue weighted by Gasteiger charge is 2.25. The summed E-state index contributed by atoms with van der Waals surface area (Å²) in [4.78, 5) is 0. The minimum atomic E-state index is -4.02. The van der Waals surface area contributed by atoms with E-state index in [4.69, 9.17) is 5.73 Å². The van der Waals surface area contributed by atoms with Crippen LogP contribution in [0.25, 0.3) is 0 Å². The van der Waals surface area contributed by atoms with Gasteiger partial charge in [-0.15, -0.1) is 0 Å². The third kappa shape index (κ3) is 12.1. The molecule has 0 saturated carbocycles. The predicted octanol–water partition coefficient (Wildman–Crippen LogP) is 2.80. The highest BCUT2D eigenvalue weighted by atomic mass is 32.2. The first kappa shape index (κ1) is 13.1. The van der Waals surface area contributed by atoms with E-state index in [1.807, 2.05) is 13.8 Å². The SMILES string of the molecule is CC(C)(N)CSCCCC(F)(F)F. The Hall–Kier alpha value is 0.100. The zero-order valence-corrected chi connectivity index (χ0v) is 8.76. The van der Waals surface area contributed by atoms with Crippen molar-refractivity contribution in [2.24, 2.45) is 5.73 Å². The van der Waals surface area contributed by atoms with Gasteiger partial charge in [-0.2, -0.15) is 24.9 Å². The van der Waals surface area contributed by atoms with Gasteiger partial charge in [0.2, 0.25) is 0 Å². The van der Waals surface area contributed by atoms with E-state index in [1.165, 1.54) is 11.8 Å². The summed E-state index contributed by atoms with van der Waals surface area (Å²) < 4.78 is 35.0. The smallest absolute Gasteiger partial charge is 0.325 e. The molecule has 0 unspecified atom stereocenters. The van der Waals surface area contributed by atoms with Crippen LogP contribution in [0.15, 0.2) is 0 Å². The highest BCUT2D eigenvalue weighted by Crippen LogP contribution is 2.23. The molecule has 0 aliphatic rings. The monoisotopic (exact) mass is 215 g/mol. The lowest BCUT2D eigenvalue weighted by atomic mass is 10.1. The quantitative estimate of drug-likeness (QED) is 0.714. The van der Waals surface area contributed by atoms with Crippen molar-refractivity contribution >= 4 is 11.8 Å². The van der Waals surface area contributed by atoms with Crippen LogP contribution in [0.4, 0.5) is 13.2 Å². The molecule has 0 spiro atoms. The van der Waals surface area contributed by atoms with Crippen LogP contribution in [0.1, 0.15) is 26.7 Å². The lowest BCUT2D eigenvalue weighted by Gasteiger charge is -2.17. The second-order valence-electron chi connectivity index (χ2n) is 3.76. The molecule has 0 rings (SSSR count). The Kier molecular flexibility index (Phi) is 5.14. The maximum absolute atomic E-state index is 11.7. The largest absolute Gasteiger partial charge is 0.389 e. The molecule has 2 N–H and O–H groups in total. The van der Waals surface area contributed by atoms with E-state index in [-0.39, 0.29) is 12.0 Å². The van der Waals surface area contributed by atoms with Crippen LogP contribution in [0.2, 0.25) is 0 Å². The molecule has 80 valence electrons. The Morgan fingerprint density at radius 3 is 2.15 bits per heavy atom. The maximum atomic E-state index is 11.7. The summed E-state index contributed by atoms with van der Waals surface area (Å²) in [6.45, 7) is 3.73. The van der Waals surface area contributed by atoms with Gasteiger partial charge in [-0.1, -0.05) is 0 Å². The van der Waals surface area contributed by atoms with Crippen LogP contribution in [0, 0.1) is 0 Å². The molecule has 0 fully saturated rings. The molecule has 0 bridgehead atoms. The number of alkyl halides is 3. The van der Waals surface area contributed by atoms with Crippen molar-refractivity contribution in [3.8, 4) is 0 Å². The third-order valence-corrected chi connectivity index (χ3v) is 2.75. The number of thioether (sulfide) groups is 1. The minimum absolute atomic E-state index is 0.185. The summed E-state index contributed by atoms with van der Waals surface area (Å²) in [7, 11) is 0. The fourth-order valence-electron chi connectivity index (χ4n) is 0.710. The van der Waals surface area contributed by atoms with Gasteiger partial charge >= 0.3 is 6.18 Å². The Morgan fingerprint density at radius 1 is 1.23 bits per heavy atom. The lowest BCUT2D eigenvalue weighted by Crippen LogP contribution is -2.34. The summed E-state index contributed by atoms with van der Waals surface area (Å²) in [6.07, 6.45) is -4.52. The van der Waals surface area contributed by atoms with Gasteiger partial charge in [-0.3, -0.25) is 0 Å². The van der Waals surface area contributed by atoms with E-state index in [9.17, 15) is 13.2 Å². The number of hydrogen-bond acceptors (Lipinski definition) is 2. The number of hydrogen-bond donors (Lipinski definition) is 1.